The Morgan fingerprint density at radius 2 is 1.78 bits per heavy atom. The van der Waals surface area contributed by atoms with Crippen LogP contribution in [0.25, 0.3) is 0 Å². The highest BCUT2D eigenvalue weighted by Crippen LogP contribution is 2.27. The number of ether oxygens (including phenoxy) is 1. The number of carbonyl (C=O) groups excluding carboxylic acids is 1. The average molecular weight is 553 g/mol. The second kappa shape index (κ2) is 13.9. The van der Waals surface area contributed by atoms with Crippen molar-refractivity contribution >= 4 is 35.8 Å². The van der Waals surface area contributed by atoms with E-state index in [1.807, 2.05) is 42.5 Å². The number of likely N-dealkylation sites (N-methyl/N-ethyl adjacent to an activating group) is 1. The van der Waals surface area contributed by atoms with Gasteiger partial charge in [0.2, 0.25) is 0 Å². The number of hydrogen-bond donors (Lipinski definition) is 2. The number of benzene rings is 2. The fourth-order valence-electron chi connectivity index (χ4n) is 3.37. The molecule has 176 valence electrons. The van der Waals surface area contributed by atoms with E-state index in [1.54, 1.807) is 33.2 Å². The molecule has 7 nitrogen and oxygen atoms in total. The van der Waals surface area contributed by atoms with Crippen molar-refractivity contribution in [1.82, 2.24) is 20.4 Å². The van der Waals surface area contributed by atoms with Gasteiger partial charge in [0.1, 0.15) is 5.75 Å². The van der Waals surface area contributed by atoms with Crippen LogP contribution in [0.5, 0.6) is 5.75 Å². The summed E-state index contributed by atoms with van der Waals surface area (Å²) in [4.78, 5) is 20.2. The van der Waals surface area contributed by atoms with Crippen molar-refractivity contribution in [2.75, 3.05) is 55.4 Å². The van der Waals surface area contributed by atoms with E-state index in [0.29, 0.717) is 18.7 Å². The molecule has 0 aliphatic heterocycles. The first-order valence-corrected chi connectivity index (χ1v) is 10.4. The zero-order valence-electron chi connectivity index (χ0n) is 19.9. The molecule has 0 aromatic heterocycles. The summed E-state index contributed by atoms with van der Waals surface area (Å²) >= 11 is 0. The fraction of sp³-hybridized carbons (Fsp3) is 0.417. The molecule has 1 amide bonds. The van der Waals surface area contributed by atoms with Crippen molar-refractivity contribution in [2.45, 2.75) is 12.5 Å². The summed E-state index contributed by atoms with van der Waals surface area (Å²) in [7, 11) is 11.1. The summed E-state index contributed by atoms with van der Waals surface area (Å²) in [6.07, 6.45) is 0.791. The highest BCUT2D eigenvalue weighted by atomic mass is 127. The van der Waals surface area contributed by atoms with E-state index in [0.717, 1.165) is 29.3 Å². The first kappa shape index (κ1) is 27.7. The van der Waals surface area contributed by atoms with E-state index in [4.69, 9.17) is 4.74 Å². The maximum Gasteiger partial charge on any atom is 0.253 e. The van der Waals surface area contributed by atoms with E-state index in [2.05, 4.69) is 40.7 Å². The lowest BCUT2D eigenvalue weighted by Gasteiger charge is -2.27. The van der Waals surface area contributed by atoms with Crippen LogP contribution in [0.15, 0.2) is 53.5 Å². The number of carbonyl (C=O) groups is 1. The molecule has 0 bridgehead atoms. The number of methoxy groups -OCH3 is 1. The van der Waals surface area contributed by atoms with Gasteiger partial charge in [0, 0.05) is 45.4 Å². The number of rotatable bonds is 9. The van der Waals surface area contributed by atoms with Crippen LogP contribution in [0.3, 0.4) is 0 Å². The third-order valence-corrected chi connectivity index (χ3v) is 5.09. The molecule has 0 radical (unpaired) electrons. The third kappa shape index (κ3) is 7.98. The quantitative estimate of drug-likeness (QED) is 0.284. The largest absolute Gasteiger partial charge is 0.496 e. The third-order valence-electron chi connectivity index (χ3n) is 5.09. The van der Waals surface area contributed by atoms with Crippen LogP contribution in [0.2, 0.25) is 0 Å². The molecule has 0 spiro atoms. The highest BCUT2D eigenvalue weighted by molar-refractivity contribution is 14.0. The molecule has 1 unspecified atom stereocenters. The molecule has 0 saturated heterocycles. The standard InChI is InChI=1S/C24H35N5O2.HI/c1-25-24(26-15-14-18-10-9-11-19(16-18)23(30)29(4)5)27-17-21(28(2)3)20-12-7-8-13-22(20)31-6;/h7-13,16,21H,14-15,17H2,1-6H3,(H2,25,26,27);1H. The molecule has 2 aromatic carbocycles. The van der Waals surface area contributed by atoms with E-state index in [9.17, 15) is 4.79 Å². The monoisotopic (exact) mass is 553 g/mol. The Morgan fingerprint density at radius 3 is 2.41 bits per heavy atom. The van der Waals surface area contributed by atoms with E-state index in [1.165, 1.54) is 0 Å². The maximum absolute atomic E-state index is 12.2. The van der Waals surface area contributed by atoms with Crippen LogP contribution in [0, 0.1) is 0 Å². The van der Waals surface area contributed by atoms with Gasteiger partial charge in [0.25, 0.3) is 5.91 Å². The SMILES string of the molecule is CN=C(NCCc1cccc(C(=O)N(C)C)c1)NCC(c1ccccc1OC)N(C)C.I. The molecule has 0 aliphatic carbocycles. The van der Waals surface area contributed by atoms with E-state index >= 15 is 0 Å². The van der Waals surface area contributed by atoms with Crippen LogP contribution >= 0.6 is 24.0 Å². The minimum Gasteiger partial charge on any atom is -0.496 e. The van der Waals surface area contributed by atoms with Gasteiger partial charge in [-0.15, -0.1) is 24.0 Å². The Balaban J connectivity index is 0.00000512. The predicted molar refractivity (Wildman–Crippen MR) is 142 cm³/mol. The Kier molecular flexibility index (Phi) is 12.1. The molecule has 2 N–H and O–H groups in total. The normalized spacial score (nSPS) is 12.0. The molecule has 0 fully saturated rings. The first-order valence-electron chi connectivity index (χ1n) is 10.4. The summed E-state index contributed by atoms with van der Waals surface area (Å²) in [5.74, 6) is 1.62. The summed E-state index contributed by atoms with van der Waals surface area (Å²) in [5.41, 5.74) is 2.94. The minimum atomic E-state index is 0. The molecule has 2 rings (SSSR count). The Labute approximate surface area is 209 Å². The highest BCUT2D eigenvalue weighted by Gasteiger charge is 2.18. The van der Waals surface area contributed by atoms with Crippen LogP contribution in [0.4, 0.5) is 0 Å². The van der Waals surface area contributed by atoms with E-state index in [-0.39, 0.29) is 35.9 Å². The smallest absolute Gasteiger partial charge is 0.253 e. The number of nitrogens with zero attached hydrogens (tertiary/aromatic N) is 3. The first-order chi connectivity index (χ1) is 14.9. The van der Waals surface area contributed by atoms with Crippen molar-refractivity contribution < 1.29 is 9.53 Å². The molecule has 0 saturated carbocycles. The second-order valence-corrected chi connectivity index (χ2v) is 7.75. The minimum absolute atomic E-state index is 0. The van der Waals surface area contributed by atoms with Gasteiger partial charge < -0.3 is 25.2 Å². The number of hydrogen-bond acceptors (Lipinski definition) is 4. The summed E-state index contributed by atoms with van der Waals surface area (Å²) in [5, 5.41) is 6.77. The second-order valence-electron chi connectivity index (χ2n) is 7.75. The van der Waals surface area contributed by atoms with Crippen LogP contribution < -0.4 is 15.4 Å². The molecule has 2 aromatic rings. The number of guanidine groups is 1. The number of halogens is 1. The lowest BCUT2D eigenvalue weighted by Crippen LogP contribution is -2.42. The van der Waals surface area contributed by atoms with Gasteiger partial charge in [-0.2, -0.15) is 0 Å². The van der Waals surface area contributed by atoms with Gasteiger partial charge in [-0.25, -0.2) is 0 Å². The summed E-state index contributed by atoms with van der Waals surface area (Å²) in [6, 6.07) is 16.0. The summed E-state index contributed by atoms with van der Waals surface area (Å²) in [6.45, 7) is 1.39. The van der Waals surface area contributed by atoms with Gasteiger partial charge in [-0.05, 0) is 44.3 Å². The van der Waals surface area contributed by atoms with Crippen molar-refractivity contribution in [3.8, 4) is 5.75 Å². The Bertz CT molecular complexity index is 886. The maximum atomic E-state index is 12.2. The molecule has 0 aliphatic rings. The summed E-state index contributed by atoms with van der Waals surface area (Å²) < 4.78 is 5.54. The molecular formula is C24H36IN5O2. The Hall–Kier alpha value is -2.33. The fourth-order valence-corrected chi connectivity index (χ4v) is 3.37. The molecule has 32 heavy (non-hydrogen) atoms. The van der Waals surface area contributed by atoms with E-state index < -0.39 is 0 Å². The van der Waals surface area contributed by atoms with Crippen molar-refractivity contribution in [3.05, 3.63) is 65.2 Å². The number of aliphatic imine (C=N–C) groups is 1. The van der Waals surface area contributed by atoms with Gasteiger partial charge in [-0.3, -0.25) is 9.79 Å². The zero-order chi connectivity index (χ0) is 22.8. The molecule has 1 atom stereocenters. The van der Waals surface area contributed by atoms with Gasteiger partial charge in [0.15, 0.2) is 5.96 Å². The number of nitrogens with one attached hydrogen (secondary N) is 2. The van der Waals surface area contributed by atoms with Crippen molar-refractivity contribution in [3.63, 3.8) is 0 Å². The van der Waals surface area contributed by atoms with Gasteiger partial charge in [0.05, 0.1) is 13.2 Å². The number of amides is 1. The Morgan fingerprint density at radius 1 is 1.06 bits per heavy atom. The lowest BCUT2D eigenvalue weighted by atomic mass is 10.0. The lowest BCUT2D eigenvalue weighted by molar-refractivity contribution is 0.0827. The zero-order valence-corrected chi connectivity index (χ0v) is 22.2. The van der Waals surface area contributed by atoms with Crippen LogP contribution in [-0.4, -0.2) is 77.1 Å². The van der Waals surface area contributed by atoms with Gasteiger partial charge in [-0.1, -0.05) is 30.3 Å². The van der Waals surface area contributed by atoms with Gasteiger partial charge >= 0.3 is 0 Å². The molecule has 8 heteroatoms. The van der Waals surface area contributed by atoms with Crippen LogP contribution in [-0.2, 0) is 6.42 Å². The number of para-hydroxylation sites is 1. The average Bonchev–Trinajstić information content (AvgIpc) is 2.77. The van der Waals surface area contributed by atoms with Crippen molar-refractivity contribution in [1.29, 1.82) is 0 Å². The predicted octanol–water partition coefficient (Wildman–Crippen LogP) is 3.03. The topological polar surface area (TPSA) is 69.2 Å². The molecule has 0 heterocycles. The van der Waals surface area contributed by atoms with Crippen molar-refractivity contribution in [2.24, 2.45) is 4.99 Å². The molecular weight excluding hydrogens is 517 g/mol. The van der Waals surface area contributed by atoms with Crippen LogP contribution in [0.1, 0.15) is 27.5 Å².